The minimum Gasteiger partial charge on any atom is -0.317 e. The molecule has 2 nitrogen and oxygen atoms in total. The lowest BCUT2D eigenvalue weighted by atomic mass is 9.89. The van der Waals surface area contributed by atoms with Crippen molar-refractivity contribution in [1.29, 1.82) is 0 Å². The fraction of sp³-hybridized carbons (Fsp3) is 0.500. The molecule has 0 aliphatic carbocycles. The second-order valence-electron chi connectivity index (χ2n) is 4.44. The highest BCUT2D eigenvalue weighted by Crippen LogP contribution is 2.18. The second kappa shape index (κ2) is 5.26. The average molecular weight is 217 g/mol. The first kappa shape index (κ1) is 11.3. The van der Waals surface area contributed by atoms with Crippen LogP contribution in [0, 0.1) is 5.92 Å². The molecule has 0 radical (unpaired) electrons. The lowest BCUT2D eigenvalue weighted by Crippen LogP contribution is -2.31. The SMILES string of the molecule is CCc1ccc(C(=O)C2CCNCC2)cc1. The van der Waals surface area contributed by atoms with Gasteiger partial charge < -0.3 is 5.32 Å². The maximum atomic E-state index is 12.2. The Morgan fingerprint density at radius 2 is 1.88 bits per heavy atom. The molecule has 0 amide bonds. The number of nitrogens with one attached hydrogen (secondary N) is 1. The molecule has 1 saturated heterocycles. The number of benzene rings is 1. The van der Waals surface area contributed by atoms with Crippen molar-refractivity contribution in [2.24, 2.45) is 5.92 Å². The summed E-state index contributed by atoms with van der Waals surface area (Å²) < 4.78 is 0. The van der Waals surface area contributed by atoms with Gasteiger partial charge in [-0.2, -0.15) is 0 Å². The topological polar surface area (TPSA) is 29.1 Å². The van der Waals surface area contributed by atoms with E-state index in [2.05, 4.69) is 24.4 Å². The van der Waals surface area contributed by atoms with Crippen LogP contribution in [0.15, 0.2) is 24.3 Å². The lowest BCUT2D eigenvalue weighted by molar-refractivity contribution is 0.0895. The Morgan fingerprint density at radius 1 is 1.25 bits per heavy atom. The molecule has 0 bridgehead atoms. The molecule has 2 heteroatoms. The fourth-order valence-corrected chi connectivity index (χ4v) is 2.22. The molecule has 0 spiro atoms. The van der Waals surface area contributed by atoms with Crippen molar-refractivity contribution in [3.8, 4) is 0 Å². The van der Waals surface area contributed by atoms with Crippen LogP contribution >= 0.6 is 0 Å². The number of carbonyl (C=O) groups excluding carboxylic acids is 1. The molecule has 1 fully saturated rings. The lowest BCUT2D eigenvalue weighted by Gasteiger charge is -2.21. The summed E-state index contributed by atoms with van der Waals surface area (Å²) >= 11 is 0. The van der Waals surface area contributed by atoms with Crippen LogP contribution in [0.4, 0.5) is 0 Å². The van der Waals surface area contributed by atoms with Crippen molar-refractivity contribution in [2.75, 3.05) is 13.1 Å². The summed E-state index contributed by atoms with van der Waals surface area (Å²) in [5.74, 6) is 0.554. The summed E-state index contributed by atoms with van der Waals surface area (Å²) in [7, 11) is 0. The molecule has 1 aliphatic rings. The Balaban J connectivity index is 2.07. The smallest absolute Gasteiger partial charge is 0.166 e. The van der Waals surface area contributed by atoms with Gasteiger partial charge in [-0.3, -0.25) is 4.79 Å². The highest BCUT2D eigenvalue weighted by atomic mass is 16.1. The summed E-state index contributed by atoms with van der Waals surface area (Å²) in [5.41, 5.74) is 2.17. The van der Waals surface area contributed by atoms with Crippen molar-refractivity contribution >= 4 is 5.78 Å². The van der Waals surface area contributed by atoms with E-state index in [4.69, 9.17) is 0 Å². The van der Waals surface area contributed by atoms with Gasteiger partial charge in [-0.25, -0.2) is 0 Å². The zero-order valence-corrected chi connectivity index (χ0v) is 9.83. The quantitative estimate of drug-likeness (QED) is 0.788. The van der Waals surface area contributed by atoms with Crippen LogP contribution in [0.5, 0.6) is 0 Å². The highest BCUT2D eigenvalue weighted by molar-refractivity contribution is 5.97. The van der Waals surface area contributed by atoms with Gasteiger partial charge in [0.1, 0.15) is 0 Å². The Labute approximate surface area is 97.1 Å². The van der Waals surface area contributed by atoms with Gasteiger partial charge >= 0.3 is 0 Å². The van der Waals surface area contributed by atoms with Gasteiger partial charge in [0.25, 0.3) is 0 Å². The van der Waals surface area contributed by atoms with E-state index in [-0.39, 0.29) is 5.92 Å². The Morgan fingerprint density at radius 3 is 2.44 bits per heavy atom. The summed E-state index contributed by atoms with van der Waals surface area (Å²) in [6.45, 7) is 4.08. The normalized spacial score (nSPS) is 17.3. The fourth-order valence-electron chi connectivity index (χ4n) is 2.22. The Hall–Kier alpha value is -1.15. The van der Waals surface area contributed by atoms with E-state index in [0.29, 0.717) is 5.78 Å². The van der Waals surface area contributed by atoms with Gasteiger partial charge in [-0.05, 0) is 37.9 Å². The van der Waals surface area contributed by atoms with E-state index < -0.39 is 0 Å². The summed E-state index contributed by atoms with van der Waals surface area (Å²) in [4.78, 5) is 12.2. The van der Waals surface area contributed by atoms with Crippen LogP contribution < -0.4 is 5.32 Å². The Kier molecular flexibility index (Phi) is 3.73. The van der Waals surface area contributed by atoms with Gasteiger partial charge in [-0.1, -0.05) is 31.2 Å². The minimum atomic E-state index is 0.230. The van der Waals surface area contributed by atoms with Crippen LogP contribution in [0.1, 0.15) is 35.7 Å². The largest absolute Gasteiger partial charge is 0.317 e. The van der Waals surface area contributed by atoms with Crippen molar-refractivity contribution in [3.05, 3.63) is 35.4 Å². The number of hydrogen-bond acceptors (Lipinski definition) is 2. The third-order valence-electron chi connectivity index (χ3n) is 3.36. The first-order valence-electron chi connectivity index (χ1n) is 6.15. The van der Waals surface area contributed by atoms with Gasteiger partial charge in [0, 0.05) is 11.5 Å². The predicted molar refractivity (Wildman–Crippen MR) is 65.7 cm³/mol. The van der Waals surface area contributed by atoms with Crippen LogP contribution in [0.2, 0.25) is 0 Å². The monoisotopic (exact) mass is 217 g/mol. The van der Waals surface area contributed by atoms with Crippen LogP contribution in [0.25, 0.3) is 0 Å². The first-order valence-corrected chi connectivity index (χ1v) is 6.15. The van der Waals surface area contributed by atoms with Gasteiger partial charge in [0.2, 0.25) is 0 Å². The number of ketones is 1. The van der Waals surface area contributed by atoms with Crippen molar-refractivity contribution < 1.29 is 4.79 Å². The summed E-state index contributed by atoms with van der Waals surface area (Å²) in [6.07, 6.45) is 2.99. The molecular formula is C14H19NO. The predicted octanol–water partition coefficient (Wildman–Crippen LogP) is 2.43. The standard InChI is InChI=1S/C14H19NO/c1-2-11-3-5-12(6-4-11)14(16)13-7-9-15-10-8-13/h3-6,13,15H,2,7-10H2,1H3. The number of piperidine rings is 1. The highest BCUT2D eigenvalue weighted by Gasteiger charge is 2.21. The van der Waals surface area contributed by atoms with Crippen LogP contribution in [-0.4, -0.2) is 18.9 Å². The molecule has 86 valence electrons. The third kappa shape index (κ3) is 2.50. The molecule has 0 aromatic heterocycles. The van der Waals surface area contributed by atoms with Crippen molar-refractivity contribution in [2.45, 2.75) is 26.2 Å². The van der Waals surface area contributed by atoms with Crippen LogP contribution in [-0.2, 0) is 6.42 Å². The molecule has 1 aromatic rings. The number of rotatable bonds is 3. The van der Waals surface area contributed by atoms with Gasteiger partial charge in [0.05, 0.1) is 0 Å². The molecule has 1 heterocycles. The van der Waals surface area contributed by atoms with Crippen molar-refractivity contribution in [3.63, 3.8) is 0 Å². The molecule has 1 aromatic carbocycles. The molecule has 16 heavy (non-hydrogen) atoms. The zero-order chi connectivity index (χ0) is 11.4. The average Bonchev–Trinajstić information content (AvgIpc) is 2.39. The van der Waals surface area contributed by atoms with Crippen LogP contribution in [0.3, 0.4) is 0 Å². The number of hydrogen-bond donors (Lipinski definition) is 1. The second-order valence-corrected chi connectivity index (χ2v) is 4.44. The van der Waals surface area contributed by atoms with Gasteiger partial charge in [-0.15, -0.1) is 0 Å². The number of carbonyl (C=O) groups is 1. The van der Waals surface area contributed by atoms with E-state index >= 15 is 0 Å². The first-order chi connectivity index (χ1) is 7.81. The number of aryl methyl sites for hydroxylation is 1. The molecular weight excluding hydrogens is 198 g/mol. The molecule has 0 atom stereocenters. The van der Waals surface area contributed by atoms with Gasteiger partial charge in [0.15, 0.2) is 5.78 Å². The van der Waals surface area contributed by atoms with E-state index in [1.165, 1.54) is 5.56 Å². The molecule has 0 saturated carbocycles. The van der Waals surface area contributed by atoms with E-state index in [0.717, 1.165) is 37.9 Å². The van der Waals surface area contributed by atoms with Crippen molar-refractivity contribution in [1.82, 2.24) is 5.32 Å². The molecule has 1 N–H and O–H groups in total. The van der Waals surface area contributed by atoms with E-state index in [9.17, 15) is 4.79 Å². The molecule has 2 rings (SSSR count). The number of Topliss-reactive ketones (excluding diaryl/α,β-unsaturated/α-hetero) is 1. The molecule has 0 unspecified atom stereocenters. The third-order valence-corrected chi connectivity index (χ3v) is 3.36. The summed E-state index contributed by atoms with van der Waals surface area (Å²) in [6, 6.07) is 8.08. The zero-order valence-electron chi connectivity index (χ0n) is 9.83. The van der Waals surface area contributed by atoms with E-state index in [1.54, 1.807) is 0 Å². The molecule has 1 aliphatic heterocycles. The summed E-state index contributed by atoms with van der Waals surface area (Å²) in [5, 5.41) is 3.29. The van der Waals surface area contributed by atoms with E-state index in [1.807, 2.05) is 12.1 Å². The maximum Gasteiger partial charge on any atom is 0.166 e. The maximum absolute atomic E-state index is 12.2. The Bertz CT molecular complexity index is 350. The minimum absolute atomic E-state index is 0.230.